The van der Waals surface area contributed by atoms with Gasteiger partial charge in [0.1, 0.15) is 11.9 Å². The minimum Gasteiger partial charge on any atom is -0.490 e. The fourth-order valence-electron chi connectivity index (χ4n) is 2.49. The highest BCUT2D eigenvalue weighted by atomic mass is 16.5. The van der Waals surface area contributed by atoms with Crippen LogP contribution in [-0.4, -0.2) is 50.0 Å². The highest BCUT2D eigenvalue weighted by Gasteiger charge is 2.17. The molecule has 2 amide bonds. The van der Waals surface area contributed by atoms with Crippen LogP contribution in [0.5, 0.6) is 5.75 Å². The van der Waals surface area contributed by atoms with Gasteiger partial charge in [0.25, 0.3) is 0 Å². The van der Waals surface area contributed by atoms with E-state index in [1.807, 2.05) is 24.3 Å². The standard InChI is InChI=1S/C17H25N3O3/c1-18-16(21)7-8-17(22)19-13-3-5-14(6-4-13)23-15-9-11-20(2)12-10-15/h3-6,15H,7-12H2,1-2H3,(H,18,21)(H,19,22). The Labute approximate surface area is 137 Å². The first kappa shape index (κ1) is 17.3. The number of piperidine rings is 1. The van der Waals surface area contributed by atoms with E-state index in [9.17, 15) is 9.59 Å². The highest BCUT2D eigenvalue weighted by molar-refractivity contribution is 5.93. The van der Waals surface area contributed by atoms with Crippen LogP contribution in [0.4, 0.5) is 5.69 Å². The van der Waals surface area contributed by atoms with E-state index in [-0.39, 0.29) is 30.8 Å². The fourth-order valence-corrected chi connectivity index (χ4v) is 2.49. The zero-order valence-electron chi connectivity index (χ0n) is 13.8. The average molecular weight is 319 g/mol. The Morgan fingerprint density at radius 2 is 1.74 bits per heavy atom. The number of anilines is 1. The monoisotopic (exact) mass is 319 g/mol. The van der Waals surface area contributed by atoms with E-state index >= 15 is 0 Å². The number of amides is 2. The Morgan fingerprint density at radius 1 is 1.13 bits per heavy atom. The van der Waals surface area contributed by atoms with E-state index in [0.29, 0.717) is 5.69 Å². The molecule has 1 aromatic rings. The van der Waals surface area contributed by atoms with Gasteiger partial charge in [-0.1, -0.05) is 0 Å². The van der Waals surface area contributed by atoms with Gasteiger partial charge in [-0.15, -0.1) is 0 Å². The molecule has 6 heteroatoms. The molecule has 0 atom stereocenters. The van der Waals surface area contributed by atoms with Crippen LogP contribution in [-0.2, 0) is 9.59 Å². The summed E-state index contributed by atoms with van der Waals surface area (Å²) < 4.78 is 5.96. The van der Waals surface area contributed by atoms with Gasteiger partial charge >= 0.3 is 0 Å². The molecule has 1 saturated heterocycles. The minimum atomic E-state index is -0.169. The first-order valence-corrected chi connectivity index (χ1v) is 8.02. The second-order valence-electron chi connectivity index (χ2n) is 5.87. The van der Waals surface area contributed by atoms with E-state index < -0.39 is 0 Å². The predicted molar refractivity (Wildman–Crippen MR) is 89.5 cm³/mol. The van der Waals surface area contributed by atoms with Crippen molar-refractivity contribution < 1.29 is 14.3 Å². The molecular weight excluding hydrogens is 294 g/mol. The van der Waals surface area contributed by atoms with Crippen molar-refractivity contribution >= 4 is 17.5 Å². The van der Waals surface area contributed by atoms with E-state index in [1.54, 1.807) is 7.05 Å². The van der Waals surface area contributed by atoms with Crippen LogP contribution in [0.15, 0.2) is 24.3 Å². The summed E-state index contributed by atoms with van der Waals surface area (Å²) in [6, 6.07) is 7.38. The third kappa shape index (κ3) is 5.90. The van der Waals surface area contributed by atoms with Crippen LogP contribution < -0.4 is 15.4 Å². The maximum Gasteiger partial charge on any atom is 0.224 e. The molecule has 2 rings (SSSR count). The van der Waals surface area contributed by atoms with Crippen LogP contribution in [0.1, 0.15) is 25.7 Å². The molecule has 0 spiro atoms. The number of likely N-dealkylation sites (tertiary alicyclic amines) is 1. The Morgan fingerprint density at radius 3 is 2.35 bits per heavy atom. The lowest BCUT2D eigenvalue weighted by Crippen LogP contribution is -2.35. The zero-order chi connectivity index (χ0) is 16.7. The molecule has 0 aromatic heterocycles. The van der Waals surface area contributed by atoms with Crippen LogP contribution in [0.25, 0.3) is 0 Å². The van der Waals surface area contributed by atoms with E-state index in [2.05, 4.69) is 22.6 Å². The number of carbonyl (C=O) groups excluding carboxylic acids is 2. The molecule has 0 radical (unpaired) electrons. The summed E-state index contributed by atoms with van der Waals surface area (Å²) in [6.07, 6.45) is 2.70. The van der Waals surface area contributed by atoms with Crippen molar-refractivity contribution in [1.82, 2.24) is 10.2 Å². The van der Waals surface area contributed by atoms with Gasteiger partial charge in [-0.3, -0.25) is 9.59 Å². The summed E-state index contributed by atoms with van der Waals surface area (Å²) >= 11 is 0. The number of nitrogens with zero attached hydrogens (tertiary/aromatic N) is 1. The third-order valence-electron chi connectivity index (χ3n) is 3.96. The van der Waals surface area contributed by atoms with Crippen molar-refractivity contribution in [1.29, 1.82) is 0 Å². The van der Waals surface area contributed by atoms with Gasteiger partial charge in [0, 0.05) is 38.7 Å². The molecule has 0 unspecified atom stereocenters. The predicted octanol–water partition coefficient (Wildman–Crippen LogP) is 1.62. The van der Waals surface area contributed by atoms with Gasteiger partial charge < -0.3 is 20.3 Å². The molecule has 1 fully saturated rings. The SMILES string of the molecule is CNC(=O)CCC(=O)Nc1ccc(OC2CCN(C)CC2)cc1. The molecule has 23 heavy (non-hydrogen) atoms. The van der Waals surface area contributed by atoms with E-state index in [0.717, 1.165) is 31.7 Å². The smallest absolute Gasteiger partial charge is 0.224 e. The lowest BCUT2D eigenvalue weighted by atomic mass is 10.1. The lowest BCUT2D eigenvalue weighted by Gasteiger charge is -2.29. The van der Waals surface area contributed by atoms with E-state index in [4.69, 9.17) is 4.74 Å². The minimum absolute atomic E-state index is 0.137. The summed E-state index contributed by atoms with van der Waals surface area (Å²) in [6.45, 7) is 2.12. The Bertz CT molecular complexity index is 522. The number of benzene rings is 1. The molecular formula is C17H25N3O3. The van der Waals surface area contributed by atoms with Gasteiger partial charge in [-0.25, -0.2) is 0 Å². The highest BCUT2D eigenvalue weighted by Crippen LogP contribution is 2.20. The first-order valence-electron chi connectivity index (χ1n) is 8.02. The second kappa shape index (κ2) is 8.53. The maximum absolute atomic E-state index is 11.7. The zero-order valence-corrected chi connectivity index (χ0v) is 13.8. The van der Waals surface area contributed by atoms with Crippen molar-refractivity contribution in [2.75, 3.05) is 32.5 Å². The summed E-state index contributed by atoms with van der Waals surface area (Å²) in [5.41, 5.74) is 0.711. The molecule has 1 aromatic carbocycles. The van der Waals surface area contributed by atoms with Crippen molar-refractivity contribution in [3.63, 3.8) is 0 Å². The van der Waals surface area contributed by atoms with Crippen LogP contribution in [0.2, 0.25) is 0 Å². The number of hydrogen-bond donors (Lipinski definition) is 2. The van der Waals surface area contributed by atoms with Crippen LogP contribution >= 0.6 is 0 Å². The normalized spacial score (nSPS) is 15.9. The quantitative estimate of drug-likeness (QED) is 0.836. The van der Waals surface area contributed by atoms with Gasteiger partial charge in [0.05, 0.1) is 0 Å². The maximum atomic E-state index is 11.7. The largest absolute Gasteiger partial charge is 0.490 e. The Balaban J connectivity index is 1.77. The lowest BCUT2D eigenvalue weighted by molar-refractivity contribution is -0.124. The number of ether oxygens (including phenoxy) is 1. The topological polar surface area (TPSA) is 70.7 Å². The van der Waals surface area contributed by atoms with Crippen molar-refractivity contribution in [2.24, 2.45) is 0 Å². The molecule has 1 aliphatic rings. The average Bonchev–Trinajstić information content (AvgIpc) is 2.56. The first-order chi connectivity index (χ1) is 11.1. The van der Waals surface area contributed by atoms with Gasteiger partial charge in [-0.05, 0) is 44.2 Å². The number of hydrogen-bond acceptors (Lipinski definition) is 4. The summed E-state index contributed by atoms with van der Waals surface area (Å²) in [7, 11) is 3.68. The molecule has 0 saturated carbocycles. The van der Waals surface area contributed by atoms with Gasteiger partial charge in [-0.2, -0.15) is 0 Å². The molecule has 2 N–H and O–H groups in total. The van der Waals surface area contributed by atoms with Gasteiger partial charge in [0.2, 0.25) is 11.8 Å². The van der Waals surface area contributed by atoms with Crippen molar-refractivity contribution in [3.05, 3.63) is 24.3 Å². The van der Waals surface area contributed by atoms with E-state index in [1.165, 1.54) is 0 Å². The molecule has 6 nitrogen and oxygen atoms in total. The molecule has 1 heterocycles. The molecule has 0 aliphatic carbocycles. The molecule has 1 aliphatic heterocycles. The van der Waals surface area contributed by atoms with Gasteiger partial charge in [0.15, 0.2) is 0 Å². The molecule has 126 valence electrons. The van der Waals surface area contributed by atoms with Crippen molar-refractivity contribution in [2.45, 2.75) is 31.8 Å². The Kier molecular flexibility index (Phi) is 6.40. The Hall–Kier alpha value is -2.08. The summed E-state index contributed by atoms with van der Waals surface area (Å²) in [5.74, 6) is 0.516. The summed E-state index contributed by atoms with van der Waals surface area (Å²) in [5, 5.41) is 5.27. The number of carbonyl (C=O) groups is 2. The van der Waals surface area contributed by atoms with Crippen molar-refractivity contribution in [3.8, 4) is 5.75 Å². The number of nitrogens with one attached hydrogen (secondary N) is 2. The molecule has 0 bridgehead atoms. The van der Waals surface area contributed by atoms with Crippen LogP contribution in [0, 0.1) is 0 Å². The fraction of sp³-hybridized carbons (Fsp3) is 0.529. The third-order valence-corrected chi connectivity index (χ3v) is 3.96. The summed E-state index contributed by atoms with van der Waals surface area (Å²) in [4.78, 5) is 25.2. The number of rotatable bonds is 6. The second-order valence-corrected chi connectivity index (χ2v) is 5.87. The van der Waals surface area contributed by atoms with Crippen LogP contribution in [0.3, 0.4) is 0 Å².